The average molecular weight is 374 g/mol. The Morgan fingerprint density at radius 3 is 2.68 bits per heavy atom. The fourth-order valence-corrected chi connectivity index (χ4v) is 3.52. The lowest BCUT2D eigenvalue weighted by Crippen LogP contribution is -2.22. The van der Waals surface area contributed by atoms with Gasteiger partial charge in [-0.25, -0.2) is 4.98 Å². The molecule has 1 heterocycles. The Balaban J connectivity index is 1.66. The first-order valence-corrected chi connectivity index (χ1v) is 9.85. The van der Waals surface area contributed by atoms with Crippen molar-refractivity contribution in [1.82, 2.24) is 9.97 Å². The number of methoxy groups -OCH3 is 1. The van der Waals surface area contributed by atoms with Crippen LogP contribution in [0.4, 0.5) is 5.69 Å². The summed E-state index contributed by atoms with van der Waals surface area (Å²) in [5.41, 5.74) is 2.54. The topological polar surface area (TPSA) is 67.0 Å². The number of hydrogen-bond donors (Lipinski definition) is 2. The molecule has 3 aromatic rings. The maximum atomic E-state index is 12.4. The van der Waals surface area contributed by atoms with E-state index >= 15 is 0 Å². The van der Waals surface area contributed by atoms with Crippen LogP contribution in [0.2, 0.25) is 0 Å². The van der Waals surface area contributed by atoms with Crippen LogP contribution in [-0.2, 0) is 4.79 Å². The number of aromatic amines is 1. The number of H-pyrrole nitrogens is 1. The van der Waals surface area contributed by atoms with Crippen molar-refractivity contribution < 1.29 is 9.53 Å². The van der Waals surface area contributed by atoms with Crippen molar-refractivity contribution in [3.63, 3.8) is 0 Å². The van der Waals surface area contributed by atoms with Crippen LogP contribution in [0.3, 0.4) is 0 Å². The highest BCUT2D eigenvalue weighted by atomic mass is 32.2. The molecule has 25 heavy (non-hydrogen) atoms. The minimum Gasteiger partial charge on any atom is -0.497 e. The summed E-state index contributed by atoms with van der Waals surface area (Å²) in [4.78, 5) is 21.3. The molecule has 0 aliphatic carbocycles. The number of carbonyl (C=O) groups is 1. The van der Waals surface area contributed by atoms with Crippen LogP contribution in [0.15, 0.2) is 52.5 Å². The molecule has 0 spiro atoms. The molecule has 0 bridgehead atoms. The fraction of sp³-hybridized carbons (Fsp3) is 0.222. The number of fused-ring (bicyclic) bond motifs is 1. The van der Waals surface area contributed by atoms with Gasteiger partial charge in [-0.3, -0.25) is 4.79 Å². The fourth-order valence-electron chi connectivity index (χ4n) is 2.29. The predicted molar refractivity (Wildman–Crippen MR) is 105 cm³/mol. The smallest absolute Gasteiger partial charge is 0.237 e. The van der Waals surface area contributed by atoms with E-state index in [1.807, 2.05) is 55.6 Å². The maximum absolute atomic E-state index is 12.4. The molecule has 1 unspecified atom stereocenters. The van der Waals surface area contributed by atoms with Crippen molar-refractivity contribution in [2.45, 2.75) is 22.2 Å². The number of benzene rings is 2. The zero-order valence-corrected chi connectivity index (χ0v) is 15.8. The van der Waals surface area contributed by atoms with Crippen LogP contribution in [0, 0.1) is 0 Å². The van der Waals surface area contributed by atoms with Gasteiger partial charge >= 0.3 is 0 Å². The highest BCUT2D eigenvalue weighted by molar-refractivity contribution is 8.00. The Morgan fingerprint density at radius 2 is 2.00 bits per heavy atom. The van der Waals surface area contributed by atoms with Gasteiger partial charge < -0.3 is 15.0 Å². The summed E-state index contributed by atoms with van der Waals surface area (Å²) >= 11 is 3.06. The minimum absolute atomic E-state index is 0.0556. The SMILES string of the molecule is COc1ccc2nc(SC(C)C(=O)Nc3ccc(SC)cc3)[nH]c2c1. The van der Waals surface area contributed by atoms with Gasteiger partial charge in [-0.05, 0) is 49.6 Å². The van der Waals surface area contributed by atoms with Crippen molar-refractivity contribution in [2.75, 3.05) is 18.7 Å². The number of ether oxygens (including phenoxy) is 1. The third-order valence-corrected chi connectivity index (χ3v) is 5.41. The first kappa shape index (κ1) is 17.7. The first-order valence-electron chi connectivity index (χ1n) is 7.74. The second kappa shape index (κ2) is 7.84. The lowest BCUT2D eigenvalue weighted by molar-refractivity contribution is -0.115. The standard InChI is InChI=1S/C18H19N3O2S2/c1-11(17(22)19-12-4-7-14(24-3)8-5-12)25-18-20-15-9-6-13(23-2)10-16(15)21-18/h4-11H,1-3H3,(H,19,22)(H,20,21). The number of anilines is 1. The lowest BCUT2D eigenvalue weighted by Gasteiger charge is -2.10. The molecule has 0 saturated heterocycles. The molecule has 0 saturated carbocycles. The molecule has 0 aliphatic heterocycles. The number of imidazole rings is 1. The van der Waals surface area contributed by atoms with Crippen molar-refractivity contribution in [2.24, 2.45) is 0 Å². The number of aromatic nitrogens is 2. The summed E-state index contributed by atoms with van der Waals surface area (Å²) in [7, 11) is 1.63. The minimum atomic E-state index is -0.275. The molecular weight excluding hydrogens is 354 g/mol. The molecule has 0 aliphatic rings. The molecule has 3 rings (SSSR count). The largest absolute Gasteiger partial charge is 0.497 e. The van der Waals surface area contributed by atoms with Crippen molar-refractivity contribution >= 4 is 46.2 Å². The second-order valence-electron chi connectivity index (χ2n) is 5.40. The monoisotopic (exact) mass is 373 g/mol. The predicted octanol–water partition coefficient (Wildman–Crippen LogP) is 4.41. The van der Waals surface area contributed by atoms with E-state index in [4.69, 9.17) is 4.74 Å². The van der Waals surface area contributed by atoms with Crippen LogP contribution in [-0.4, -0.2) is 34.5 Å². The highest BCUT2D eigenvalue weighted by Crippen LogP contribution is 2.26. The normalized spacial score (nSPS) is 12.1. The molecule has 2 N–H and O–H groups in total. The van der Waals surface area contributed by atoms with Crippen molar-refractivity contribution in [1.29, 1.82) is 0 Å². The Morgan fingerprint density at radius 1 is 1.24 bits per heavy atom. The highest BCUT2D eigenvalue weighted by Gasteiger charge is 2.17. The van der Waals surface area contributed by atoms with E-state index in [1.54, 1.807) is 18.9 Å². The lowest BCUT2D eigenvalue weighted by atomic mass is 10.3. The van der Waals surface area contributed by atoms with E-state index in [2.05, 4.69) is 15.3 Å². The van der Waals surface area contributed by atoms with Gasteiger partial charge in [-0.15, -0.1) is 11.8 Å². The number of nitrogens with one attached hydrogen (secondary N) is 2. The Labute approximate surface area is 154 Å². The summed E-state index contributed by atoms with van der Waals surface area (Å²) in [6.45, 7) is 1.87. The maximum Gasteiger partial charge on any atom is 0.237 e. The van der Waals surface area contributed by atoms with Crippen molar-refractivity contribution in [3.05, 3.63) is 42.5 Å². The third-order valence-electron chi connectivity index (χ3n) is 3.68. The summed E-state index contributed by atoms with van der Waals surface area (Å²) in [6, 6.07) is 13.5. The van der Waals surface area contributed by atoms with Crippen LogP contribution in [0.1, 0.15) is 6.92 Å². The Kier molecular flexibility index (Phi) is 5.55. The van der Waals surface area contributed by atoms with Crippen LogP contribution < -0.4 is 10.1 Å². The van der Waals surface area contributed by atoms with Gasteiger partial charge in [0.25, 0.3) is 0 Å². The molecule has 1 aromatic heterocycles. The van der Waals surface area contributed by atoms with Gasteiger partial charge in [0.1, 0.15) is 5.75 Å². The van der Waals surface area contributed by atoms with Gasteiger partial charge in [0.05, 0.1) is 23.4 Å². The zero-order valence-electron chi connectivity index (χ0n) is 14.2. The van der Waals surface area contributed by atoms with E-state index < -0.39 is 0 Å². The summed E-state index contributed by atoms with van der Waals surface area (Å²) in [6.07, 6.45) is 2.02. The number of rotatable bonds is 6. The molecule has 1 atom stereocenters. The van der Waals surface area contributed by atoms with Gasteiger partial charge in [0.15, 0.2) is 5.16 Å². The Hall–Kier alpha value is -2.12. The average Bonchev–Trinajstić information content (AvgIpc) is 3.03. The van der Waals surface area contributed by atoms with Gasteiger partial charge in [-0.2, -0.15) is 0 Å². The van der Waals surface area contributed by atoms with Gasteiger partial charge in [0, 0.05) is 16.6 Å². The molecule has 0 radical (unpaired) electrons. The number of carbonyl (C=O) groups excluding carboxylic acids is 1. The third kappa shape index (κ3) is 4.29. The second-order valence-corrected chi connectivity index (χ2v) is 7.61. The molecule has 2 aromatic carbocycles. The quantitative estimate of drug-likeness (QED) is 0.627. The molecule has 0 fully saturated rings. The van der Waals surface area contributed by atoms with E-state index in [0.717, 1.165) is 27.4 Å². The molecule has 5 nitrogen and oxygen atoms in total. The Bertz CT molecular complexity index is 878. The molecule has 1 amide bonds. The van der Waals surface area contributed by atoms with E-state index in [-0.39, 0.29) is 11.2 Å². The number of thioether (sulfide) groups is 2. The van der Waals surface area contributed by atoms with Gasteiger partial charge in [-0.1, -0.05) is 11.8 Å². The van der Waals surface area contributed by atoms with E-state index in [0.29, 0.717) is 5.16 Å². The summed E-state index contributed by atoms with van der Waals surface area (Å²) in [5, 5.41) is 3.37. The molecular formula is C18H19N3O2S2. The van der Waals surface area contributed by atoms with Crippen molar-refractivity contribution in [3.8, 4) is 5.75 Å². The molecule has 7 heteroatoms. The summed E-state index contributed by atoms with van der Waals surface area (Å²) < 4.78 is 5.21. The van der Waals surface area contributed by atoms with Gasteiger partial charge in [0.2, 0.25) is 5.91 Å². The first-order chi connectivity index (χ1) is 12.1. The van der Waals surface area contributed by atoms with E-state index in [1.165, 1.54) is 11.8 Å². The van der Waals surface area contributed by atoms with Crippen LogP contribution in [0.25, 0.3) is 11.0 Å². The zero-order chi connectivity index (χ0) is 17.8. The number of nitrogens with zero attached hydrogens (tertiary/aromatic N) is 1. The number of amides is 1. The number of hydrogen-bond acceptors (Lipinski definition) is 5. The summed E-state index contributed by atoms with van der Waals surface area (Å²) in [5.74, 6) is 0.715. The molecule has 130 valence electrons. The van der Waals surface area contributed by atoms with E-state index in [9.17, 15) is 4.79 Å². The van der Waals surface area contributed by atoms with Crippen LogP contribution in [0.5, 0.6) is 5.75 Å². The van der Waals surface area contributed by atoms with Crippen LogP contribution >= 0.6 is 23.5 Å².